The number of methoxy groups -OCH3 is 2. The Morgan fingerprint density at radius 1 is 1.08 bits per heavy atom. The van der Waals surface area contributed by atoms with Gasteiger partial charge in [0.2, 0.25) is 19.3 Å². The SMILES string of the molecule is CCS(=O)(=O)c1nnc(NC(=O)/C(C#N)=C\c2ccc(OC(=O)c3ccc(OC)cc3)c(OC)c2)s1. The number of nitrogens with one attached hydrogen (secondary N) is 1. The summed E-state index contributed by atoms with van der Waals surface area (Å²) in [6, 6.07) is 12.6. The van der Waals surface area contributed by atoms with Crippen molar-refractivity contribution >= 4 is 44.3 Å². The lowest BCUT2D eigenvalue weighted by Crippen LogP contribution is -2.13. The van der Waals surface area contributed by atoms with Crippen LogP contribution < -0.4 is 19.5 Å². The Balaban J connectivity index is 1.77. The molecule has 3 aromatic rings. The van der Waals surface area contributed by atoms with Gasteiger partial charge in [0, 0.05) is 0 Å². The van der Waals surface area contributed by atoms with Gasteiger partial charge in [0.25, 0.3) is 5.91 Å². The molecule has 0 aliphatic carbocycles. The minimum Gasteiger partial charge on any atom is -0.497 e. The van der Waals surface area contributed by atoms with Gasteiger partial charge < -0.3 is 14.2 Å². The van der Waals surface area contributed by atoms with E-state index >= 15 is 0 Å². The summed E-state index contributed by atoms with van der Waals surface area (Å²) in [5.41, 5.74) is 0.432. The van der Waals surface area contributed by atoms with Crippen LogP contribution in [-0.2, 0) is 14.6 Å². The van der Waals surface area contributed by atoms with E-state index in [0.717, 1.165) is 0 Å². The first-order valence-corrected chi connectivity index (χ1v) is 12.7. The van der Waals surface area contributed by atoms with Crippen LogP contribution in [-0.4, -0.2) is 50.5 Å². The lowest BCUT2D eigenvalue weighted by Gasteiger charge is -2.10. The normalized spacial score (nSPS) is 11.3. The van der Waals surface area contributed by atoms with Crippen molar-refractivity contribution in [2.45, 2.75) is 11.3 Å². The second-order valence-electron chi connectivity index (χ2n) is 6.93. The summed E-state index contributed by atoms with van der Waals surface area (Å²) in [6.07, 6.45) is 1.29. The number of hydrogen-bond acceptors (Lipinski definition) is 11. The molecule has 0 atom stereocenters. The van der Waals surface area contributed by atoms with Gasteiger partial charge in [-0.15, -0.1) is 10.2 Å². The number of sulfone groups is 1. The Hall–Kier alpha value is -4.28. The fourth-order valence-corrected chi connectivity index (χ4v) is 4.72. The molecule has 11 nitrogen and oxygen atoms in total. The Morgan fingerprint density at radius 2 is 1.81 bits per heavy atom. The van der Waals surface area contributed by atoms with Gasteiger partial charge in [0.1, 0.15) is 17.4 Å². The molecule has 0 aliphatic rings. The molecule has 0 bridgehead atoms. The molecule has 186 valence electrons. The predicted octanol–water partition coefficient (Wildman–Crippen LogP) is 3.11. The van der Waals surface area contributed by atoms with E-state index in [1.54, 1.807) is 30.3 Å². The molecule has 0 saturated heterocycles. The van der Waals surface area contributed by atoms with E-state index in [-0.39, 0.29) is 32.3 Å². The van der Waals surface area contributed by atoms with Gasteiger partial charge in [-0.25, -0.2) is 13.2 Å². The molecule has 1 N–H and O–H groups in total. The smallest absolute Gasteiger partial charge is 0.343 e. The molecular formula is C23H20N4O7S2. The number of anilines is 1. The van der Waals surface area contributed by atoms with Crippen LogP contribution in [0.1, 0.15) is 22.8 Å². The lowest BCUT2D eigenvalue weighted by molar-refractivity contribution is -0.112. The van der Waals surface area contributed by atoms with Crippen LogP contribution in [0.15, 0.2) is 52.4 Å². The topological polar surface area (TPSA) is 158 Å². The summed E-state index contributed by atoms with van der Waals surface area (Å²) in [4.78, 5) is 25.0. The monoisotopic (exact) mass is 528 g/mol. The van der Waals surface area contributed by atoms with E-state index in [9.17, 15) is 23.3 Å². The van der Waals surface area contributed by atoms with Crippen molar-refractivity contribution in [1.29, 1.82) is 5.26 Å². The van der Waals surface area contributed by atoms with Crippen molar-refractivity contribution in [2.24, 2.45) is 0 Å². The summed E-state index contributed by atoms with van der Waals surface area (Å²) >= 11 is 0.687. The molecule has 3 rings (SSSR count). The Morgan fingerprint density at radius 3 is 2.42 bits per heavy atom. The van der Waals surface area contributed by atoms with Gasteiger partial charge in [-0.2, -0.15) is 5.26 Å². The van der Waals surface area contributed by atoms with Crippen molar-refractivity contribution in [3.05, 3.63) is 59.2 Å². The minimum absolute atomic E-state index is 0.0634. The van der Waals surface area contributed by atoms with Crippen molar-refractivity contribution in [2.75, 3.05) is 25.3 Å². The van der Waals surface area contributed by atoms with Crippen molar-refractivity contribution in [3.8, 4) is 23.3 Å². The van der Waals surface area contributed by atoms with E-state index in [1.807, 2.05) is 0 Å². The van der Waals surface area contributed by atoms with Gasteiger partial charge in [0.15, 0.2) is 11.5 Å². The van der Waals surface area contributed by atoms with Crippen molar-refractivity contribution in [3.63, 3.8) is 0 Å². The van der Waals surface area contributed by atoms with Crippen LogP contribution in [0, 0.1) is 11.3 Å². The summed E-state index contributed by atoms with van der Waals surface area (Å²) < 4.78 is 39.3. The second kappa shape index (κ2) is 11.4. The molecule has 0 aliphatic heterocycles. The van der Waals surface area contributed by atoms with Crippen LogP contribution in [0.4, 0.5) is 5.13 Å². The standard InChI is InChI=1S/C23H20N4O7S2/c1-4-36(30,31)23-27-26-22(35-23)25-20(28)16(13-24)11-14-5-10-18(19(12-14)33-3)34-21(29)15-6-8-17(32-2)9-7-15/h5-12H,4H2,1-3H3,(H,25,26,28)/b16-11-. The maximum Gasteiger partial charge on any atom is 0.343 e. The van der Waals surface area contributed by atoms with Crippen molar-refractivity contribution < 1.29 is 32.2 Å². The average Bonchev–Trinajstić information content (AvgIpc) is 3.37. The first-order chi connectivity index (χ1) is 17.2. The zero-order chi connectivity index (χ0) is 26.3. The summed E-state index contributed by atoms with van der Waals surface area (Å²) in [7, 11) is -0.677. The van der Waals surface area contributed by atoms with E-state index in [4.69, 9.17) is 14.2 Å². The fourth-order valence-electron chi connectivity index (χ4n) is 2.73. The quantitative estimate of drug-likeness (QED) is 0.144. The highest BCUT2D eigenvalue weighted by molar-refractivity contribution is 7.93. The number of ether oxygens (including phenoxy) is 3. The average molecular weight is 529 g/mol. The highest BCUT2D eigenvalue weighted by atomic mass is 32.2. The summed E-state index contributed by atoms with van der Waals surface area (Å²) in [6.45, 7) is 1.46. The number of nitriles is 1. The number of aromatic nitrogens is 2. The van der Waals surface area contributed by atoms with Gasteiger partial charge in [-0.1, -0.05) is 24.3 Å². The zero-order valence-corrected chi connectivity index (χ0v) is 21.0. The maximum atomic E-state index is 12.5. The number of esters is 1. The van der Waals surface area contributed by atoms with Gasteiger partial charge in [-0.05, 0) is 48.0 Å². The molecule has 0 radical (unpaired) electrons. The lowest BCUT2D eigenvalue weighted by atomic mass is 10.1. The molecule has 13 heteroatoms. The molecule has 0 saturated carbocycles. The fraction of sp³-hybridized carbons (Fsp3) is 0.174. The summed E-state index contributed by atoms with van der Waals surface area (Å²) in [5.74, 6) is -0.651. The van der Waals surface area contributed by atoms with Crippen LogP contribution >= 0.6 is 11.3 Å². The Labute approximate surface area is 210 Å². The third-order valence-electron chi connectivity index (χ3n) is 4.67. The number of benzene rings is 2. The zero-order valence-electron chi connectivity index (χ0n) is 19.3. The van der Waals surface area contributed by atoms with Crippen molar-refractivity contribution in [1.82, 2.24) is 10.2 Å². The number of rotatable bonds is 9. The molecule has 2 aromatic carbocycles. The van der Waals surface area contributed by atoms with E-state index in [1.165, 1.54) is 45.4 Å². The van der Waals surface area contributed by atoms with E-state index in [0.29, 0.717) is 28.2 Å². The molecule has 0 unspecified atom stereocenters. The van der Waals surface area contributed by atoms with Crippen LogP contribution in [0.3, 0.4) is 0 Å². The van der Waals surface area contributed by atoms with Gasteiger partial charge in [0.05, 0.1) is 25.5 Å². The summed E-state index contributed by atoms with van der Waals surface area (Å²) in [5, 5.41) is 19.0. The van der Waals surface area contributed by atoms with Gasteiger partial charge in [-0.3, -0.25) is 10.1 Å². The van der Waals surface area contributed by atoms with Gasteiger partial charge >= 0.3 is 5.97 Å². The largest absolute Gasteiger partial charge is 0.497 e. The molecule has 36 heavy (non-hydrogen) atoms. The first-order valence-electron chi connectivity index (χ1n) is 10.2. The predicted molar refractivity (Wildman–Crippen MR) is 131 cm³/mol. The molecule has 1 heterocycles. The molecule has 1 amide bonds. The third-order valence-corrected chi connectivity index (χ3v) is 7.68. The van der Waals surface area contributed by atoms with Crippen LogP contribution in [0.5, 0.6) is 17.2 Å². The second-order valence-corrected chi connectivity index (χ2v) is 10.4. The number of hydrogen-bond donors (Lipinski definition) is 1. The van der Waals surface area contributed by atoms with E-state index in [2.05, 4.69) is 15.5 Å². The van der Waals surface area contributed by atoms with E-state index < -0.39 is 21.7 Å². The minimum atomic E-state index is -3.57. The number of carbonyl (C=O) groups excluding carboxylic acids is 2. The first kappa shape index (κ1) is 26.3. The Bertz CT molecular complexity index is 1460. The molecule has 0 spiro atoms. The molecule has 0 fully saturated rings. The maximum absolute atomic E-state index is 12.5. The number of carbonyl (C=O) groups is 2. The molecule has 1 aromatic heterocycles. The Kier molecular flexibility index (Phi) is 8.36. The number of amides is 1. The molecular weight excluding hydrogens is 508 g/mol. The van der Waals surface area contributed by atoms with Crippen LogP contribution in [0.25, 0.3) is 6.08 Å². The number of nitrogens with zero attached hydrogens (tertiary/aromatic N) is 3. The van der Waals surface area contributed by atoms with Crippen LogP contribution in [0.2, 0.25) is 0 Å². The third kappa shape index (κ3) is 6.23. The highest BCUT2D eigenvalue weighted by Gasteiger charge is 2.20. The highest BCUT2D eigenvalue weighted by Crippen LogP contribution is 2.30.